The van der Waals surface area contributed by atoms with Crippen LogP contribution in [0.3, 0.4) is 0 Å². The molecule has 0 saturated heterocycles. The summed E-state index contributed by atoms with van der Waals surface area (Å²) in [6.45, 7) is 21.5. The summed E-state index contributed by atoms with van der Waals surface area (Å²) >= 11 is 0. The molecule has 0 aliphatic carbocycles. The van der Waals surface area contributed by atoms with E-state index in [0.717, 1.165) is 19.3 Å². The molecule has 0 fully saturated rings. The van der Waals surface area contributed by atoms with E-state index in [-0.39, 0.29) is 15.1 Å². The van der Waals surface area contributed by atoms with Crippen LogP contribution in [0, 0.1) is 0 Å². The minimum absolute atomic E-state index is 0.0723. The molecule has 0 N–H and O–H groups in total. The second-order valence-corrected chi connectivity index (χ2v) is 23.6. The highest BCUT2D eigenvalue weighted by Gasteiger charge is 2.65. The second kappa shape index (κ2) is 28.8. The van der Waals surface area contributed by atoms with Crippen LogP contribution in [0.15, 0.2) is 0 Å². The van der Waals surface area contributed by atoms with Crippen molar-refractivity contribution in [3.63, 3.8) is 0 Å². The molecule has 0 aliphatic rings. The van der Waals surface area contributed by atoms with Gasteiger partial charge in [-0.3, -0.25) is 4.80 Å². The predicted molar refractivity (Wildman–Crippen MR) is 218 cm³/mol. The summed E-state index contributed by atoms with van der Waals surface area (Å²) in [6.07, 6.45) is 44.6. The van der Waals surface area contributed by atoms with Gasteiger partial charge in [0.05, 0.1) is 0 Å². The third-order valence-corrected chi connectivity index (χ3v) is 18.8. The molecule has 0 aromatic heterocycles. The third kappa shape index (κ3) is 20.6. The highest BCUT2D eigenvalue weighted by Crippen LogP contribution is 2.66. The first-order chi connectivity index (χ1) is 22.4. The Morgan fingerprint density at radius 1 is 0.277 bits per heavy atom. The maximum atomic E-state index is 16.0. The smallest absolute Gasteiger partial charge is 0.254 e. The van der Waals surface area contributed by atoms with Gasteiger partial charge >= 0.3 is 0 Å². The third-order valence-electron chi connectivity index (χ3n) is 12.3. The van der Waals surface area contributed by atoms with Crippen LogP contribution >= 0.6 is 0 Å². The molecule has 0 unspecified atom stereocenters. The van der Waals surface area contributed by atoms with Crippen LogP contribution in [-0.4, -0.2) is 8.32 Å². The average molecular weight is 678 g/mol. The summed E-state index contributed by atoms with van der Waals surface area (Å²) in [6, 6.07) is 0. The van der Waals surface area contributed by atoms with Gasteiger partial charge in [0.25, 0.3) is 8.32 Å². The molecule has 47 heavy (non-hydrogen) atoms. The molecule has 0 rings (SSSR count). The van der Waals surface area contributed by atoms with Gasteiger partial charge < -0.3 is 0 Å². The van der Waals surface area contributed by atoms with Gasteiger partial charge in [0.2, 0.25) is 0 Å². The van der Waals surface area contributed by atoms with Crippen LogP contribution in [-0.2, 0) is 4.80 Å². The Balaban J connectivity index is 5.11. The van der Waals surface area contributed by atoms with Crippen molar-refractivity contribution in [2.45, 2.75) is 289 Å². The molecule has 0 amide bonds. The lowest BCUT2D eigenvalue weighted by Gasteiger charge is -2.56. The molecular weight excluding hydrogens is 585 g/mol. The molecule has 0 aromatic carbocycles. The first kappa shape index (κ1) is 47.2. The van der Waals surface area contributed by atoms with Crippen LogP contribution in [0.5, 0.6) is 0 Å². The van der Waals surface area contributed by atoms with E-state index >= 15 is 4.80 Å². The first-order valence-electron chi connectivity index (χ1n) is 22.1. The Labute approximate surface area is 301 Å². The Morgan fingerprint density at radius 3 is 0.596 bits per heavy atom. The largest absolute Gasteiger partial charge is 0.296 e. The lowest BCUT2D eigenvalue weighted by atomic mass is 9.99. The van der Waals surface area contributed by atoms with Crippen LogP contribution in [0.25, 0.3) is 0 Å². The summed E-state index contributed by atoms with van der Waals surface area (Å²) in [5.74, 6) is 0. The SMILES string of the molecule is CCCCCCCCCCCCC(C)(C)[Si]([O])(C(C)(C)CCCCCCCCCCCC)C(C)(C)CCCCCCCCCCCC. The van der Waals surface area contributed by atoms with Crippen molar-refractivity contribution in [2.75, 3.05) is 0 Å². The summed E-state index contributed by atoms with van der Waals surface area (Å²) in [5, 5.41) is -0.217. The Hall–Kier alpha value is 0.177. The van der Waals surface area contributed by atoms with Gasteiger partial charge in [0.15, 0.2) is 0 Å². The Kier molecular flexibility index (Phi) is 28.9. The number of hydrogen-bond acceptors (Lipinski definition) is 0. The van der Waals surface area contributed by atoms with Gasteiger partial charge in [0, 0.05) is 0 Å². The highest BCUT2D eigenvalue weighted by molar-refractivity contribution is 6.80. The summed E-state index contributed by atoms with van der Waals surface area (Å²) in [4.78, 5) is 16.0. The molecular formula is C45H93OSi. The van der Waals surface area contributed by atoms with Gasteiger partial charge in [-0.25, -0.2) is 0 Å². The topological polar surface area (TPSA) is 19.9 Å². The van der Waals surface area contributed by atoms with E-state index < -0.39 is 8.32 Å². The standard InChI is InChI=1S/C45H93OSi/c1-10-13-16-19-22-25-28-31-34-37-40-43(4,5)47(46,44(6,7)41-38-35-32-29-26-23-20-17-14-11-2)45(8,9)42-39-36-33-30-27-24-21-18-15-12-3/h10-42H2,1-9H3. The van der Waals surface area contributed by atoms with Crippen molar-refractivity contribution in [3.05, 3.63) is 0 Å². The second-order valence-electron chi connectivity index (χ2n) is 18.1. The van der Waals surface area contributed by atoms with Crippen molar-refractivity contribution in [3.8, 4) is 0 Å². The molecule has 0 aliphatic heterocycles. The minimum Gasteiger partial charge on any atom is -0.296 e. The van der Waals surface area contributed by atoms with Crippen LogP contribution in [0.2, 0.25) is 15.1 Å². The molecule has 2 heteroatoms. The zero-order valence-corrected chi connectivity index (χ0v) is 35.7. The fourth-order valence-electron chi connectivity index (χ4n) is 9.44. The Morgan fingerprint density at radius 2 is 0.426 bits per heavy atom. The molecule has 0 spiro atoms. The van der Waals surface area contributed by atoms with E-state index in [1.165, 1.54) is 193 Å². The minimum atomic E-state index is -2.96. The highest BCUT2D eigenvalue weighted by atomic mass is 28.4. The fourth-order valence-corrected chi connectivity index (χ4v) is 16.5. The summed E-state index contributed by atoms with van der Waals surface area (Å²) in [5.41, 5.74) is 0. The van der Waals surface area contributed by atoms with Crippen molar-refractivity contribution in [1.29, 1.82) is 0 Å². The number of rotatable bonds is 36. The van der Waals surface area contributed by atoms with Crippen molar-refractivity contribution < 1.29 is 4.80 Å². The Bertz CT molecular complexity index is 577. The molecule has 0 bridgehead atoms. The zero-order chi connectivity index (χ0) is 35.3. The normalized spacial score (nSPS) is 13.1. The van der Waals surface area contributed by atoms with Gasteiger partial charge in [-0.2, -0.15) is 0 Å². The summed E-state index contributed by atoms with van der Waals surface area (Å²) in [7, 11) is -2.96. The average Bonchev–Trinajstić information content (AvgIpc) is 3.03. The van der Waals surface area contributed by atoms with Crippen LogP contribution in [0.1, 0.15) is 274 Å². The molecule has 0 atom stereocenters. The number of unbranched alkanes of at least 4 members (excludes halogenated alkanes) is 27. The van der Waals surface area contributed by atoms with E-state index in [9.17, 15) is 0 Å². The molecule has 1 nitrogen and oxygen atoms in total. The predicted octanol–water partition coefficient (Wildman–Crippen LogP) is 17.6. The van der Waals surface area contributed by atoms with E-state index in [4.69, 9.17) is 0 Å². The monoisotopic (exact) mass is 678 g/mol. The van der Waals surface area contributed by atoms with E-state index in [0.29, 0.717) is 0 Å². The lowest BCUT2D eigenvalue weighted by molar-refractivity contribution is 0.254. The van der Waals surface area contributed by atoms with E-state index in [1.807, 2.05) is 0 Å². The molecule has 0 heterocycles. The van der Waals surface area contributed by atoms with Crippen molar-refractivity contribution >= 4 is 8.32 Å². The maximum absolute atomic E-state index is 16.0. The van der Waals surface area contributed by atoms with E-state index in [2.05, 4.69) is 62.3 Å². The maximum Gasteiger partial charge on any atom is 0.254 e. The van der Waals surface area contributed by atoms with Gasteiger partial charge in [-0.05, 0) is 34.4 Å². The molecule has 0 saturated carbocycles. The molecule has 283 valence electrons. The lowest BCUT2D eigenvalue weighted by Crippen LogP contribution is -2.60. The fraction of sp³-hybridized carbons (Fsp3) is 1.00. The van der Waals surface area contributed by atoms with Crippen LogP contribution < -0.4 is 0 Å². The van der Waals surface area contributed by atoms with Gasteiger partial charge in [-0.15, -0.1) is 0 Å². The van der Waals surface area contributed by atoms with Crippen LogP contribution in [0.4, 0.5) is 0 Å². The summed E-state index contributed by atoms with van der Waals surface area (Å²) < 4.78 is 0. The zero-order valence-electron chi connectivity index (χ0n) is 34.7. The van der Waals surface area contributed by atoms with Gasteiger partial charge in [0.1, 0.15) is 0 Å². The quantitative estimate of drug-likeness (QED) is 0.0464. The first-order valence-corrected chi connectivity index (χ1v) is 24.0. The van der Waals surface area contributed by atoms with Crippen molar-refractivity contribution in [1.82, 2.24) is 0 Å². The van der Waals surface area contributed by atoms with Gasteiger partial charge in [-0.1, -0.05) is 255 Å². The molecule has 1 radical (unpaired) electrons. The van der Waals surface area contributed by atoms with Crippen molar-refractivity contribution in [2.24, 2.45) is 0 Å². The molecule has 0 aromatic rings. The number of hydrogen-bond donors (Lipinski definition) is 0. The van der Waals surface area contributed by atoms with E-state index in [1.54, 1.807) is 0 Å².